The average Bonchev–Trinajstić information content (AvgIpc) is 2.97. The first-order chi connectivity index (χ1) is 8.24. The summed E-state index contributed by atoms with van der Waals surface area (Å²) in [5.74, 6) is 0.675. The molecule has 1 aromatic rings. The van der Waals surface area contributed by atoms with Gasteiger partial charge in [-0.2, -0.15) is 0 Å². The lowest BCUT2D eigenvalue weighted by atomic mass is 10.1. The molecule has 1 fully saturated rings. The topological polar surface area (TPSA) is 67.3 Å². The average molecular weight is 238 g/mol. The molecule has 1 saturated heterocycles. The molecule has 2 heterocycles. The van der Waals surface area contributed by atoms with E-state index in [0.717, 1.165) is 25.3 Å². The van der Waals surface area contributed by atoms with E-state index >= 15 is 0 Å². The summed E-state index contributed by atoms with van der Waals surface area (Å²) in [6.07, 6.45) is 4.81. The Bertz CT molecular complexity index is 352. The predicted molar refractivity (Wildman–Crippen MR) is 66.5 cm³/mol. The first kappa shape index (κ1) is 12.5. The van der Waals surface area contributed by atoms with Crippen molar-refractivity contribution in [3.05, 3.63) is 18.2 Å². The summed E-state index contributed by atoms with van der Waals surface area (Å²) in [7, 11) is 0. The second-order valence-electron chi connectivity index (χ2n) is 4.81. The lowest BCUT2D eigenvalue weighted by Gasteiger charge is -2.17. The zero-order valence-electron chi connectivity index (χ0n) is 10.4. The number of likely N-dealkylation sites (tertiary alicyclic amines) is 1. The Morgan fingerprint density at radius 1 is 1.65 bits per heavy atom. The largest absolute Gasteiger partial charge is 0.394 e. The summed E-state index contributed by atoms with van der Waals surface area (Å²) >= 11 is 0. The van der Waals surface area contributed by atoms with Gasteiger partial charge in [0.15, 0.2) is 0 Å². The molecule has 2 unspecified atom stereocenters. The van der Waals surface area contributed by atoms with Crippen LogP contribution in [-0.2, 0) is 6.54 Å². The Morgan fingerprint density at radius 3 is 3.12 bits per heavy atom. The fourth-order valence-electron chi connectivity index (χ4n) is 2.51. The maximum absolute atomic E-state index is 9.10. The van der Waals surface area contributed by atoms with Crippen LogP contribution in [-0.4, -0.2) is 45.8 Å². The van der Waals surface area contributed by atoms with Crippen LogP contribution in [0.2, 0.25) is 0 Å². The highest BCUT2D eigenvalue weighted by Gasteiger charge is 2.22. The molecule has 1 aliphatic rings. The molecule has 0 spiro atoms. The van der Waals surface area contributed by atoms with Gasteiger partial charge in [-0.25, -0.2) is 4.98 Å². The minimum atomic E-state index is -0.318. The van der Waals surface area contributed by atoms with Crippen molar-refractivity contribution in [3.8, 4) is 0 Å². The van der Waals surface area contributed by atoms with E-state index in [0.29, 0.717) is 5.92 Å². The van der Waals surface area contributed by atoms with Gasteiger partial charge in [0.1, 0.15) is 0 Å². The summed E-state index contributed by atoms with van der Waals surface area (Å²) in [5, 5.41) is 9.10. The number of hydrogen-bond donors (Lipinski definition) is 2. The van der Waals surface area contributed by atoms with Crippen LogP contribution in [0, 0.1) is 5.92 Å². The van der Waals surface area contributed by atoms with Crippen LogP contribution in [0.15, 0.2) is 12.5 Å². The Kier molecular flexibility index (Phi) is 4.15. The van der Waals surface area contributed by atoms with Gasteiger partial charge >= 0.3 is 0 Å². The van der Waals surface area contributed by atoms with E-state index in [4.69, 9.17) is 10.8 Å². The normalized spacial score (nSPS) is 23.1. The first-order valence-corrected chi connectivity index (χ1v) is 6.33. The van der Waals surface area contributed by atoms with E-state index in [-0.39, 0.29) is 12.6 Å². The molecule has 0 aromatic carbocycles. The zero-order chi connectivity index (χ0) is 12.3. The van der Waals surface area contributed by atoms with Gasteiger partial charge in [0.05, 0.1) is 24.7 Å². The number of aromatic nitrogens is 2. The summed E-state index contributed by atoms with van der Waals surface area (Å²) in [5.41, 5.74) is 6.78. The van der Waals surface area contributed by atoms with E-state index in [9.17, 15) is 0 Å². The molecule has 0 aliphatic carbocycles. The third kappa shape index (κ3) is 2.86. The quantitative estimate of drug-likeness (QED) is 0.770. The van der Waals surface area contributed by atoms with Crippen LogP contribution in [0.25, 0.3) is 0 Å². The van der Waals surface area contributed by atoms with Crippen LogP contribution in [0.4, 0.5) is 0 Å². The standard InChI is InChI=1S/C12H22N4O/c1-2-15-4-3-10(6-15)7-16-9-14-5-12(16)11(13)8-17/h5,9-11,17H,2-4,6-8,13H2,1H3. The van der Waals surface area contributed by atoms with Crippen LogP contribution in [0.5, 0.6) is 0 Å². The molecule has 0 saturated carbocycles. The molecule has 0 bridgehead atoms. The van der Waals surface area contributed by atoms with E-state index in [1.54, 1.807) is 6.20 Å². The predicted octanol–water partition coefficient (Wildman–Crippen LogP) is 0.217. The molecule has 5 heteroatoms. The molecular weight excluding hydrogens is 216 g/mol. The maximum atomic E-state index is 9.10. The molecule has 17 heavy (non-hydrogen) atoms. The van der Waals surface area contributed by atoms with E-state index in [1.165, 1.54) is 13.0 Å². The summed E-state index contributed by atoms with van der Waals surface area (Å²) in [6, 6.07) is -0.318. The highest BCUT2D eigenvalue weighted by molar-refractivity contribution is 5.04. The van der Waals surface area contributed by atoms with Crippen molar-refractivity contribution in [1.29, 1.82) is 0 Å². The SMILES string of the molecule is CCN1CCC(Cn2cncc2C(N)CO)C1. The lowest BCUT2D eigenvalue weighted by Crippen LogP contribution is -2.23. The number of imidazole rings is 1. The highest BCUT2D eigenvalue weighted by Crippen LogP contribution is 2.19. The molecule has 3 N–H and O–H groups in total. The summed E-state index contributed by atoms with van der Waals surface area (Å²) in [6.45, 7) is 6.60. The van der Waals surface area contributed by atoms with E-state index in [1.807, 2.05) is 6.33 Å². The van der Waals surface area contributed by atoms with Crippen molar-refractivity contribution >= 4 is 0 Å². The van der Waals surface area contributed by atoms with Gasteiger partial charge in [-0.3, -0.25) is 0 Å². The number of hydrogen-bond acceptors (Lipinski definition) is 4. The van der Waals surface area contributed by atoms with Gasteiger partial charge in [0.25, 0.3) is 0 Å². The number of nitrogens with two attached hydrogens (primary N) is 1. The molecule has 1 aromatic heterocycles. The van der Waals surface area contributed by atoms with Crippen molar-refractivity contribution in [2.75, 3.05) is 26.2 Å². The smallest absolute Gasteiger partial charge is 0.0948 e. The summed E-state index contributed by atoms with van der Waals surface area (Å²) < 4.78 is 2.09. The number of rotatable bonds is 5. The molecule has 1 aliphatic heterocycles. The molecule has 0 amide bonds. The second-order valence-corrected chi connectivity index (χ2v) is 4.81. The van der Waals surface area contributed by atoms with Gasteiger partial charge in [-0.15, -0.1) is 0 Å². The Balaban J connectivity index is 1.97. The van der Waals surface area contributed by atoms with Gasteiger partial charge in [0.2, 0.25) is 0 Å². The fraction of sp³-hybridized carbons (Fsp3) is 0.750. The van der Waals surface area contributed by atoms with Crippen LogP contribution < -0.4 is 5.73 Å². The Hall–Kier alpha value is -0.910. The molecule has 2 rings (SSSR count). The van der Waals surface area contributed by atoms with Crippen LogP contribution in [0.3, 0.4) is 0 Å². The van der Waals surface area contributed by atoms with Crippen LogP contribution >= 0.6 is 0 Å². The van der Waals surface area contributed by atoms with Gasteiger partial charge in [-0.1, -0.05) is 6.92 Å². The second kappa shape index (κ2) is 5.62. The fourth-order valence-corrected chi connectivity index (χ4v) is 2.51. The van der Waals surface area contributed by atoms with Gasteiger partial charge in [-0.05, 0) is 25.4 Å². The van der Waals surface area contributed by atoms with Gasteiger partial charge < -0.3 is 20.3 Å². The van der Waals surface area contributed by atoms with E-state index < -0.39 is 0 Å². The molecular formula is C12H22N4O. The van der Waals surface area contributed by atoms with Crippen molar-refractivity contribution < 1.29 is 5.11 Å². The first-order valence-electron chi connectivity index (χ1n) is 6.33. The molecule has 2 atom stereocenters. The van der Waals surface area contributed by atoms with Crippen molar-refractivity contribution in [2.24, 2.45) is 11.7 Å². The minimum absolute atomic E-state index is 0.0303. The molecule has 5 nitrogen and oxygen atoms in total. The zero-order valence-corrected chi connectivity index (χ0v) is 10.4. The third-order valence-electron chi connectivity index (χ3n) is 3.59. The number of aliphatic hydroxyl groups excluding tert-OH is 1. The van der Waals surface area contributed by atoms with Crippen molar-refractivity contribution in [2.45, 2.75) is 25.9 Å². The highest BCUT2D eigenvalue weighted by atomic mass is 16.3. The number of aliphatic hydroxyl groups is 1. The van der Waals surface area contributed by atoms with Gasteiger partial charge in [0, 0.05) is 19.3 Å². The molecule has 96 valence electrons. The van der Waals surface area contributed by atoms with E-state index in [2.05, 4.69) is 21.4 Å². The maximum Gasteiger partial charge on any atom is 0.0948 e. The minimum Gasteiger partial charge on any atom is -0.394 e. The Labute approximate surface area is 102 Å². The lowest BCUT2D eigenvalue weighted by molar-refractivity contribution is 0.261. The van der Waals surface area contributed by atoms with Crippen molar-refractivity contribution in [3.63, 3.8) is 0 Å². The molecule has 0 radical (unpaired) electrons. The summed E-state index contributed by atoms with van der Waals surface area (Å²) in [4.78, 5) is 6.60. The third-order valence-corrected chi connectivity index (χ3v) is 3.59. The number of nitrogens with zero attached hydrogens (tertiary/aromatic N) is 3. The Morgan fingerprint density at radius 2 is 2.47 bits per heavy atom. The van der Waals surface area contributed by atoms with Crippen LogP contribution in [0.1, 0.15) is 25.1 Å². The monoisotopic (exact) mass is 238 g/mol. The van der Waals surface area contributed by atoms with Crippen molar-refractivity contribution in [1.82, 2.24) is 14.5 Å².